The molecule has 0 aliphatic heterocycles. The topological polar surface area (TPSA) is 76.1 Å². The minimum atomic E-state index is -0.495. The molecule has 1 heterocycles. The van der Waals surface area contributed by atoms with E-state index in [0.29, 0.717) is 5.92 Å². The molecule has 1 unspecified atom stereocenters. The van der Waals surface area contributed by atoms with E-state index in [1.807, 2.05) is 24.3 Å². The highest BCUT2D eigenvalue weighted by molar-refractivity contribution is 9.10. The van der Waals surface area contributed by atoms with Crippen molar-refractivity contribution in [3.63, 3.8) is 0 Å². The van der Waals surface area contributed by atoms with Crippen LogP contribution in [0.1, 0.15) is 32.3 Å². The number of para-hydroxylation sites is 1. The highest BCUT2D eigenvalue weighted by Gasteiger charge is 2.13. The number of carbonyl (C=O) groups is 1. The van der Waals surface area contributed by atoms with E-state index in [1.54, 1.807) is 19.3 Å². The molecule has 1 atom stereocenters. The van der Waals surface area contributed by atoms with Crippen molar-refractivity contribution in [1.82, 2.24) is 15.3 Å². The van der Waals surface area contributed by atoms with Crippen molar-refractivity contribution in [1.29, 1.82) is 0 Å². The number of ether oxygens (including phenoxy) is 1. The molecule has 0 saturated heterocycles. The van der Waals surface area contributed by atoms with Crippen LogP contribution < -0.4 is 15.4 Å². The van der Waals surface area contributed by atoms with Crippen molar-refractivity contribution in [3.05, 3.63) is 46.7 Å². The summed E-state index contributed by atoms with van der Waals surface area (Å²) in [6, 6.07) is 7.36. The number of nitrogens with zero attached hydrogens (tertiary/aromatic N) is 2. The fourth-order valence-electron chi connectivity index (χ4n) is 1.98. The van der Waals surface area contributed by atoms with Crippen LogP contribution >= 0.6 is 15.9 Å². The second-order valence-corrected chi connectivity index (χ2v) is 6.19. The summed E-state index contributed by atoms with van der Waals surface area (Å²) in [4.78, 5) is 19.9. The van der Waals surface area contributed by atoms with Crippen molar-refractivity contribution in [3.8, 4) is 5.75 Å². The normalized spacial score (nSPS) is 11.9. The molecule has 0 radical (unpaired) electrons. The number of urea groups is 1. The standard InChI is InChI=1S/C16H19BrN4O2/c1-10(2)13-6-4-5-7-14(13)23-11(3)20-16(22)21-15-18-8-12(17)9-19-15/h4-11H,1-3H3,(H2,18,19,20,21,22). The molecule has 1 aromatic heterocycles. The van der Waals surface area contributed by atoms with E-state index >= 15 is 0 Å². The summed E-state index contributed by atoms with van der Waals surface area (Å²) in [5.74, 6) is 1.32. The SMILES string of the molecule is CC(NC(=O)Nc1ncc(Br)cn1)Oc1ccccc1C(C)C. The van der Waals surface area contributed by atoms with E-state index < -0.39 is 12.3 Å². The molecule has 0 spiro atoms. The molecule has 122 valence electrons. The molecule has 23 heavy (non-hydrogen) atoms. The first-order valence-corrected chi connectivity index (χ1v) is 8.05. The highest BCUT2D eigenvalue weighted by Crippen LogP contribution is 2.26. The van der Waals surface area contributed by atoms with Crippen LogP contribution in [0.5, 0.6) is 5.75 Å². The van der Waals surface area contributed by atoms with E-state index in [4.69, 9.17) is 4.74 Å². The number of hydrogen-bond donors (Lipinski definition) is 2. The molecule has 2 amide bonds. The minimum absolute atomic E-state index is 0.223. The Kier molecular flexibility index (Phi) is 5.92. The van der Waals surface area contributed by atoms with E-state index in [1.165, 1.54) is 0 Å². The zero-order valence-corrected chi connectivity index (χ0v) is 14.8. The molecule has 0 bridgehead atoms. The number of anilines is 1. The minimum Gasteiger partial charge on any atom is -0.471 e. The number of benzene rings is 1. The quantitative estimate of drug-likeness (QED) is 0.773. The molecule has 0 aliphatic rings. The summed E-state index contributed by atoms with van der Waals surface area (Å²) < 4.78 is 6.56. The number of hydrogen-bond acceptors (Lipinski definition) is 4. The Morgan fingerprint density at radius 1 is 1.17 bits per heavy atom. The number of nitrogens with one attached hydrogen (secondary N) is 2. The fourth-order valence-corrected chi connectivity index (χ4v) is 2.19. The van der Waals surface area contributed by atoms with Gasteiger partial charge >= 0.3 is 6.03 Å². The number of amides is 2. The third kappa shape index (κ3) is 5.21. The monoisotopic (exact) mass is 378 g/mol. The molecule has 1 aromatic carbocycles. The van der Waals surface area contributed by atoms with Gasteiger partial charge in [0, 0.05) is 12.4 Å². The summed E-state index contributed by atoms with van der Waals surface area (Å²) >= 11 is 3.23. The van der Waals surface area contributed by atoms with Gasteiger partial charge in [-0.3, -0.25) is 5.32 Å². The zero-order chi connectivity index (χ0) is 16.8. The lowest BCUT2D eigenvalue weighted by Crippen LogP contribution is -2.40. The van der Waals surface area contributed by atoms with Crippen LogP contribution in [0.15, 0.2) is 41.1 Å². The molecule has 0 fully saturated rings. The Balaban J connectivity index is 1.93. The van der Waals surface area contributed by atoms with Gasteiger partial charge in [0.2, 0.25) is 5.95 Å². The summed E-state index contributed by atoms with van der Waals surface area (Å²) in [7, 11) is 0. The molecule has 2 N–H and O–H groups in total. The van der Waals surface area contributed by atoms with Crippen LogP contribution in [0.25, 0.3) is 0 Å². The molecule has 0 saturated carbocycles. The maximum absolute atomic E-state index is 11.9. The van der Waals surface area contributed by atoms with E-state index in [2.05, 4.69) is 50.4 Å². The van der Waals surface area contributed by atoms with Crippen molar-refractivity contribution >= 4 is 27.9 Å². The van der Waals surface area contributed by atoms with E-state index in [0.717, 1.165) is 15.8 Å². The summed E-state index contributed by atoms with van der Waals surface area (Å²) in [6.45, 7) is 5.95. The first-order valence-electron chi connectivity index (χ1n) is 7.26. The number of aromatic nitrogens is 2. The van der Waals surface area contributed by atoms with Gasteiger partial charge in [0.15, 0.2) is 6.23 Å². The molecule has 7 heteroatoms. The maximum atomic E-state index is 11.9. The average molecular weight is 379 g/mol. The van der Waals surface area contributed by atoms with Crippen molar-refractivity contribution in [2.24, 2.45) is 0 Å². The molecule has 2 rings (SSSR count). The first kappa shape index (κ1) is 17.2. The Hall–Kier alpha value is -2.15. The van der Waals surface area contributed by atoms with Gasteiger partial charge in [-0.25, -0.2) is 14.8 Å². The Bertz CT molecular complexity index is 661. The third-order valence-electron chi connectivity index (χ3n) is 3.02. The lowest BCUT2D eigenvalue weighted by molar-refractivity contribution is 0.181. The summed E-state index contributed by atoms with van der Waals surface area (Å²) in [6.07, 6.45) is 2.62. The molecular formula is C16H19BrN4O2. The van der Waals surface area contributed by atoms with Crippen molar-refractivity contribution < 1.29 is 9.53 Å². The van der Waals surface area contributed by atoms with Gasteiger partial charge in [0.05, 0.1) is 4.47 Å². The predicted molar refractivity (Wildman–Crippen MR) is 92.5 cm³/mol. The largest absolute Gasteiger partial charge is 0.471 e. The van der Waals surface area contributed by atoms with Crippen LogP contribution in [0.2, 0.25) is 0 Å². The zero-order valence-electron chi connectivity index (χ0n) is 13.2. The van der Waals surface area contributed by atoms with Gasteiger partial charge in [-0.05, 0) is 40.4 Å². The van der Waals surface area contributed by atoms with E-state index in [9.17, 15) is 4.79 Å². The second kappa shape index (κ2) is 7.92. The Labute approximate surface area is 143 Å². The predicted octanol–water partition coefficient (Wildman–Crippen LogP) is 3.91. The molecular weight excluding hydrogens is 360 g/mol. The first-order chi connectivity index (χ1) is 11.0. The van der Waals surface area contributed by atoms with Crippen LogP contribution in [0.4, 0.5) is 10.7 Å². The van der Waals surface area contributed by atoms with Crippen LogP contribution in [-0.2, 0) is 0 Å². The molecule has 2 aromatic rings. The van der Waals surface area contributed by atoms with Gasteiger partial charge in [-0.15, -0.1) is 0 Å². The van der Waals surface area contributed by atoms with Crippen LogP contribution in [-0.4, -0.2) is 22.2 Å². The van der Waals surface area contributed by atoms with Gasteiger partial charge in [-0.2, -0.15) is 0 Å². The van der Waals surface area contributed by atoms with E-state index in [-0.39, 0.29) is 5.95 Å². The van der Waals surface area contributed by atoms with Crippen LogP contribution in [0, 0.1) is 0 Å². The fraction of sp³-hybridized carbons (Fsp3) is 0.312. The van der Waals surface area contributed by atoms with Crippen molar-refractivity contribution in [2.45, 2.75) is 32.9 Å². The maximum Gasteiger partial charge on any atom is 0.324 e. The summed E-state index contributed by atoms with van der Waals surface area (Å²) in [5.41, 5.74) is 1.10. The summed E-state index contributed by atoms with van der Waals surface area (Å²) in [5, 5.41) is 5.24. The Morgan fingerprint density at radius 2 is 1.83 bits per heavy atom. The third-order valence-corrected chi connectivity index (χ3v) is 3.43. The number of rotatable bonds is 5. The van der Waals surface area contributed by atoms with Gasteiger partial charge in [0.1, 0.15) is 5.75 Å². The number of halogens is 1. The van der Waals surface area contributed by atoms with Gasteiger partial charge in [0.25, 0.3) is 0 Å². The smallest absolute Gasteiger partial charge is 0.324 e. The average Bonchev–Trinajstić information content (AvgIpc) is 2.49. The second-order valence-electron chi connectivity index (χ2n) is 5.28. The molecule has 6 nitrogen and oxygen atoms in total. The molecule has 0 aliphatic carbocycles. The lowest BCUT2D eigenvalue weighted by Gasteiger charge is -2.19. The van der Waals surface area contributed by atoms with Gasteiger partial charge in [-0.1, -0.05) is 32.0 Å². The highest BCUT2D eigenvalue weighted by atomic mass is 79.9. The Morgan fingerprint density at radius 3 is 2.48 bits per heavy atom. The van der Waals surface area contributed by atoms with Crippen LogP contribution in [0.3, 0.4) is 0 Å². The number of carbonyl (C=O) groups excluding carboxylic acids is 1. The lowest BCUT2D eigenvalue weighted by atomic mass is 10.0. The van der Waals surface area contributed by atoms with Gasteiger partial charge < -0.3 is 10.1 Å². The van der Waals surface area contributed by atoms with Crippen molar-refractivity contribution in [2.75, 3.05) is 5.32 Å².